The fourth-order valence-electron chi connectivity index (χ4n) is 1.75. The van der Waals surface area contributed by atoms with E-state index in [0.29, 0.717) is 30.8 Å². The first-order chi connectivity index (χ1) is 9.21. The number of aromatic nitrogens is 2. The molecule has 0 amide bonds. The summed E-state index contributed by atoms with van der Waals surface area (Å²) in [6.07, 6.45) is 4.82. The maximum atomic E-state index is 5.63. The largest absolute Gasteiger partial charge is 0.486 e. The molecule has 0 aromatic carbocycles. The third-order valence-electron chi connectivity index (χ3n) is 2.79. The van der Waals surface area contributed by atoms with Crippen LogP contribution in [0.1, 0.15) is 33.1 Å². The average Bonchev–Trinajstić information content (AvgIpc) is 2.41. The number of nitrogen functional groups attached to an aromatic ring is 1. The first-order valence-electron chi connectivity index (χ1n) is 6.72. The van der Waals surface area contributed by atoms with Crippen molar-refractivity contribution >= 4 is 11.8 Å². The summed E-state index contributed by atoms with van der Waals surface area (Å²) in [4.78, 5) is 8.17. The van der Waals surface area contributed by atoms with E-state index >= 15 is 0 Å². The van der Waals surface area contributed by atoms with Crippen LogP contribution in [0.25, 0.3) is 0 Å². The van der Waals surface area contributed by atoms with E-state index in [0.717, 1.165) is 19.3 Å². The Morgan fingerprint density at radius 1 is 1.37 bits per heavy atom. The number of nitrogens with two attached hydrogens (primary N) is 1. The van der Waals surface area contributed by atoms with Crippen LogP contribution in [0.15, 0.2) is 6.20 Å². The first kappa shape index (κ1) is 15.5. The Hall–Kier alpha value is -1.56. The van der Waals surface area contributed by atoms with Gasteiger partial charge in [-0.1, -0.05) is 20.3 Å². The molecular weight excluding hydrogens is 244 g/mol. The number of nitrogens with one attached hydrogen (secondary N) is 1. The molecule has 1 aromatic heterocycles. The van der Waals surface area contributed by atoms with Gasteiger partial charge in [0, 0.05) is 13.2 Å². The minimum absolute atomic E-state index is 0.243. The minimum Gasteiger partial charge on any atom is -0.486 e. The summed E-state index contributed by atoms with van der Waals surface area (Å²) in [5.74, 6) is 1.51. The van der Waals surface area contributed by atoms with E-state index in [4.69, 9.17) is 15.2 Å². The van der Waals surface area contributed by atoms with Gasteiger partial charge in [0.2, 0.25) is 5.95 Å². The van der Waals surface area contributed by atoms with Crippen LogP contribution in [0.3, 0.4) is 0 Å². The van der Waals surface area contributed by atoms with E-state index in [2.05, 4.69) is 29.1 Å². The average molecular weight is 268 g/mol. The molecule has 0 aliphatic heterocycles. The normalized spacial score (nSPS) is 12.2. The lowest BCUT2D eigenvalue weighted by molar-refractivity contribution is 0.146. The van der Waals surface area contributed by atoms with Crippen LogP contribution in [0.2, 0.25) is 0 Å². The highest BCUT2D eigenvalue weighted by molar-refractivity contribution is 5.51. The zero-order chi connectivity index (χ0) is 14.1. The maximum Gasteiger partial charge on any atom is 0.222 e. The van der Waals surface area contributed by atoms with E-state index in [1.165, 1.54) is 0 Å². The van der Waals surface area contributed by atoms with Crippen molar-refractivity contribution in [2.24, 2.45) is 0 Å². The van der Waals surface area contributed by atoms with Gasteiger partial charge in [-0.3, -0.25) is 0 Å². The zero-order valence-electron chi connectivity index (χ0n) is 12.0. The quantitative estimate of drug-likeness (QED) is 0.667. The van der Waals surface area contributed by atoms with Gasteiger partial charge in [0.15, 0.2) is 11.6 Å². The van der Waals surface area contributed by atoms with E-state index in [1.807, 2.05) is 0 Å². The Bertz CT molecular complexity index is 374. The number of hydrogen-bond acceptors (Lipinski definition) is 6. The molecule has 0 bridgehead atoms. The van der Waals surface area contributed by atoms with Gasteiger partial charge in [-0.15, -0.1) is 0 Å². The number of hydrogen-bond donors (Lipinski definition) is 2. The van der Waals surface area contributed by atoms with Crippen molar-refractivity contribution in [2.45, 2.75) is 39.2 Å². The van der Waals surface area contributed by atoms with Gasteiger partial charge in [-0.2, -0.15) is 4.98 Å². The molecule has 0 fully saturated rings. The fourth-order valence-corrected chi connectivity index (χ4v) is 1.75. The van der Waals surface area contributed by atoms with E-state index in [-0.39, 0.29) is 5.95 Å². The van der Waals surface area contributed by atoms with Gasteiger partial charge in [0.25, 0.3) is 0 Å². The number of rotatable bonds is 9. The minimum atomic E-state index is 0.243. The van der Waals surface area contributed by atoms with Crippen LogP contribution in [0.4, 0.5) is 11.8 Å². The fraction of sp³-hybridized carbons (Fsp3) is 0.692. The Labute approximate surface area is 114 Å². The van der Waals surface area contributed by atoms with Crippen molar-refractivity contribution in [1.29, 1.82) is 0 Å². The summed E-state index contributed by atoms with van der Waals surface area (Å²) >= 11 is 0. The Kier molecular flexibility index (Phi) is 6.95. The van der Waals surface area contributed by atoms with Gasteiger partial charge in [-0.25, -0.2) is 4.98 Å². The zero-order valence-corrected chi connectivity index (χ0v) is 12.0. The van der Waals surface area contributed by atoms with Gasteiger partial charge >= 0.3 is 0 Å². The lowest BCUT2D eigenvalue weighted by Gasteiger charge is -2.19. The Morgan fingerprint density at radius 3 is 2.79 bits per heavy atom. The Morgan fingerprint density at radius 2 is 2.16 bits per heavy atom. The summed E-state index contributed by atoms with van der Waals surface area (Å²) in [6.45, 7) is 5.29. The van der Waals surface area contributed by atoms with Gasteiger partial charge in [-0.05, 0) is 12.8 Å². The van der Waals surface area contributed by atoms with Crippen LogP contribution < -0.4 is 15.8 Å². The maximum absolute atomic E-state index is 5.63. The highest BCUT2D eigenvalue weighted by Gasteiger charge is 2.12. The Balaban J connectivity index is 2.74. The van der Waals surface area contributed by atoms with Gasteiger partial charge in [0.1, 0.15) is 6.61 Å². The van der Waals surface area contributed by atoms with Crippen molar-refractivity contribution in [3.63, 3.8) is 0 Å². The molecule has 19 heavy (non-hydrogen) atoms. The van der Waals surface area contributed by atoms with Crippen molar-refractivity contribution in [2.75, 3.05) is 31.4 Å². The van der Waals surface area contributed by atoms with Gasteiger partial charge < -0.3 is 20.5 Å². The second-order valence-electron chi connectivity index (χ2n) is 4.32. The van der Waals surface area contributed by atoms with Crippen molar-refractivity contribution in [1.82, 2.24) is 9.97 Å². The monoisotopic (exact) mass is 268 g/mol. The number of anilines is 2. The van der Waals surface area contributed by atoms with Crippen molar-refractivity contribution in [3.05, 3.63) is 6.20 Å². The topological polar surface area (TPSA) is 82.3 Å². The molecule has 6 heteroatoms. The molecule has 0 aliphatic carbocycles. The molecule has 0 aliphatic rings. The predicted octanol–water partition coefficient (Wildman–Crippen LogP) is 2.07. The SMILES string of the molecule is CCC[C@@H](CC)Nc1nc(N)ncc1OCCOC. The second-order valence-corrected chi connectivity index (χ2v) is 4.32. The van der Waals surface area contributed by atoms with E-state index in [1.54, 1.807) is 13.3 Å². The molecule has 0 radical (unpaired) electrons. The standard InChI is InChI=1S/C13H24N4O2/c1-4-6-10(5-2)16-12-11(19-8-7-18-3)9-15-13(14)17-12/h9-10H,4-8H2,1-3H3,(H3,14,15,16,17)/t10-/m1/s1. The molecule has 6 nitrogen and oxygen atoms in total. The second kappa shape index (κ2) is 8.53. The third-order valence-corrected chi connectivity index (χ3v) is 2.79. The molecule has 108 valence electrons. The number of ether oxygens (including phenoxy) is 2. The third kappa shape index (κ3) is 5.30. The molecule has 1 rings (SSSR count). The molecule has 1 heterocycles. The molecule has 0 unspecified atom stereocenters. The van der Waals surface area contributed by atoms with Crippen LogP contribution in [0.5, 0.6) is 5.75 Å². The van der Waals surface area contributed by atoms with Crippen LogP contribution in [0, 0.1) is 0 Å². The smallest absolute Gasteiger partial charge is 0.222 e. The molecule has 1 aromatic rings. The van der Waals surface area contributed by atoms with E-state index < -0.39 is 0 Å². The van der Waals surface area contributed by atoms with Crippen molar-refractivity contribution in [3.8, 4) is 5.75 Å². The van der Waals surface area contributed by atoms with Crippen LogP contribution in [-0.4, -0.2) is 36.3 Å². The molecule has 0 saturated carbocycles. The first-order valence-corrected chi connectivity index (χ1v) is 6.72. The summed E-state index contributed by atoms with van der Waals surface area (Å²) in [6, 6.07) is 0.365. The number of methoxy groups -OCH3 is 1. The highest BCUT2D eigenvalue weighted by atomic mass is 16.5. The number of nitrogens with zero attached hydrogens (tertiary/aromatic N) is 2. The summed E-state index contributed by atoms with van der Waals surface area (Å²) < 4.78 is 10.5. The van der Waals surface area contributed by atoms with Gasteiger partial charge in [0.05, 0.1) is 12.8 Å². The molecule has 3 N–H and O–H groups in total. The van der Waals surface area contributed by atoms with E-state index in [9.17, 15) is 0 Å². The molecule has 0 spiro atoms. The molecule has 0 saturated heterocycles. The lowest BCUT2D eigenvalue weighted by atomic mass is 10.1. The predicted molar refractivity (Wildman–Crippen MR) is 76.4 cm³/mol. The van der Waals surface area contributed by atoms with Crippen LogP contribution >= 0.6 is 0 Å². The summed E-state index contributed by atoms with van der Waals surface area (Å²) in [5, 5.41) is 3.37. The lowest BCUT2D eigenvalue weighted by Crippen LogP contribution is -2.20. The van der Waals surface area contributed by atoms with Crippen molar-refractivity contribution < 1.29 is 9.47 Å². The summed E-state index contributed by atoms with van der Waals surface area (Å²) in [7, 11) is 1.64. The summed E-state index contributed by atoms with van der Waals surface area (Å²) in [5.41, 5.74) is 5.63. The molecular formula is C13H24N4O2. The highest BCUT2D eigenvalue weighted by Crippen LogP contribution is 2.23. The van der Waals surface area contributed by atoms with Crippen LogP contribution in [-0.2, 0) is 4.74 Å². The molecule has 1 atom stereocenters.